The van der Waals surface area contributed by atoms with Crippen LogP contribution in [-0.4, -0.2) is 37.3 Å². The Bertz CT molecular complexity index is 381. The third-order valence-electron chi connectivity index (χ3n) is 3.92. The van der Waals surface area contributed by atoms with Gasteiger partial charge in [-0.3, -0.25) is 0 Å². The zero-order chi connectivity index (χ0) is 13.5. The van der Waals surface area contributed by atoms with E-state index in [1.165, 1.54) is 48.4 Å². The molecular weight excluding hydrogens is 252 g/mol. The average molecular weight is 278 g/mol. The second-order valence-electron chi connectivity index (χ2n) is 5.45. The molecule has 0 saturated carbocycles. The van der Waals surface area contributed by atoms with Crippen molar-refractivity contribution in [3.8, 4) is 0 Å². The molecule has 1 saturated heterocycles. The topological polar surface area (TPSA) is 15.3 Å². The van der Waals surface area contributed by atoms with Crippen LogP contribution in [0, 0.1) is 0 Å². The molecule has 1 aromatic carbocycles. The smallest absolute Gasteiger partial charge is 0.0202 e. The zero-order valence-corrected chi connectivity index (χ0v) is 13.0. The van der Waals surface area contributed by atoms with Crippen LogP contribution in [0.2, 0.25) is 0 Å². The van der Waals surface area contributed by atoms with Crippen LogP contribution in [0.1, 0.15) is 31.2 Å². The molecule has 1 atom stereocenters. The summed E-state index contributed by atoms with van der Waals surface area (Å²) in [6, 6.07) is 9.71. The Labute approximate surface area is 122 Å². The fourth-order valence-corrected chi connectivity index (χ4v) is 3.81. The van der Waals surface area contributed by atoms with Gasteiger partial charge in [-0.1, -0.05) is 18.6 Å². The first-order valence-corrected chi connectivity index (χ1v) is 8.35. The molecule has 0 spiro atoms. The predicted octanol–water partition coefficient (Wildman–Crippen LogP) is 3.37. The molecule has 1 aliphatic heterocycles. The van der Waals surface area contributed by atoms with Gasteiger partial charge in [-0.05, 0) is 63.4 Å². The van der Waals surface area contributed by atoms with E-state index < -0.39 is 0 Å². The molecule has 1 unspecified atom stereocenters. The Kier molecular flexibility index (Phi) is 6.21. The van der Waals surface area contributed by atoms with Crippen molar-refractivity contribution in [2.45, 2.75) is 43.2 Å². The summed E-state index contributed by atoms with van der Waals surface area (Å²) in [6.07, 6.45) is 5.50. The quantitative estimate of drug-likeness (QED) is 0.803. The van der Waals surface area contributed by atoms with Crippen molar-refractivity contribution in [2.24, 2.45) is 0 Å². The highest BCUT2D eigenvalue weighted by atomic mass is 32.2. The standard InChI is InChI=1S/C16H26N2S/c1-17-13-14-6-5-8-16(12-14)19-11-9-15-7-3-4-10-18(15)2/h5-6,8,12,15,17H,3-4,7,9-11,13H2,1-2H3. The normalized spacial score (nSPS) is 20.6. The Morgan fingerprint density at radius 2 is 2.26 bits per heavy atom. The second kappa shape index (κ2) is 7.93. The van der Waals surface area contributed by atoms with E-state index >= 15 is 0 Å². The van der Waals surface area contributed by atoms with E-state index in [4.69, 9.17) is 0 Å². The molecule has 1 aliphatic rings. The molecule has 1 aromatic rings. The van der Waals surface area contributed by atoms with Crippen molar-refractivity contribution in [1.29, 1.82) is 0 Å². The summed E-state index contributed by atoms with van der Waals surface area (Å²) in [5, 5.41) is 3.21. The average Bonchev–Trinajstić information content (AvgIpc) is 2.42. The molecule has 0 aromatic heterocycles. The fraction of sp³-hybridized carbons (Fsp3) is 0.625. The van der Waals surface area contributed by atoms with Crippen molar-refractivity contribution in [1.82, 2.24) is 10.2 Å². The molecule has 1 heterocycles. The number of piperidine rings is 1. The zero-order valence-electron chi connectivity index (χ0n) is 12.2. The van der Waals surface area contributed by atoms with Gasteiger partial charge in [-0.25, -0.2) is 0 Å². The largest absolute Gasteiger partial charge is 0.316 e. The SMILES string of the molecule is CNCc1cccc(SCCC2CCCCN2C)c1. The maximum absolute atomic E-state index is 3.21. The van der Waals surface area contributed by atoms with Crippen LogP contribution in [-0.2, 0) is 6.54 Å². The van der Waals surface area contributed by atoms with Crippen molar-refractivity contribution in [3.63, 3.8) is 0 Å². The van der Waals surface area contributed by atoms with Crippen LogP contribution in [0.3, 0.4) is 0 Å². The molecule has 19 heavy (non-hydrogen) atoms. The van der Waals surface area contributed by atoms with Gasteiger partial charge in [0, 0.05) is 17.5 Å². The number of likely N-dealkylation sites (tertiary alicyclic amines) is 1. The number of hydrogen-bond acceptors (Lipinski definition) is 3. The van der Waals surface area contributed by atoms with Gasteiger partial charge in [0.15, 0.2) is 0 Å². The molecule has 0 amide bonds. The molecule has 0 aliphatic carbocycles. The maximum atomic E-state index is 3.21. The predicted molar refractivity (Wildman–Crippen MR) is 84.8 cm³/mol. The Morgan fingerprint density at radius 3 is 3.05 bits per heavy atom. The summed E-state index contributed by atoms with van der Waals surface area (Å²) in [5.74, 6) is 1.23. The van der Waals surface area contributed by atoms with Crippen LogP contribution in [0.4, 0.5) is 0 Å². The second-order valence-corrected chi connectivity index (χ2v) is 6.61. The third kappa shape index (κ3) is 4.83. The Hall–Kier alpha value is -0.510. The van der Waals surface area contributed by atoms with Gasteiger partial charge in [0.05, 0.1) is 0 Å². The van der Waals surface area contributed by atoms with Crippen LogP contribution >= 0.6 is 11.8 Å². The van der Waals surface area contributed by atoms with Crippen LogP contribution in [0.15, 0.2) is 29.2 Å². The minimum Gasteiger partial charge on any atom is -0.316 e. The van der Waals surface area contributed by atoms with E-state index in [9.17, 15) is 0 Å². The van der Waals surface area contributed by atoms with E-state index in [2.05, 4.69) is 41.5 Å². The van der Waals surface area contributed by atoms with Crippen LogP contribution in [0.25, 0.3) is 0 Å². The van der Waals surface area contributed by atoms with E-state index in [1.807, 2.05) is 18.8 Å². The van der Waals surface area contributed by atoms with Crippen molar-refractivity contribution < 1.29 is 0 Å². The van der Waals surface area contributed by atoms with Gasteiger partial charge in [0.2, 0.25) is 0 Å². The number of nitrogens with one attached hydrogen (secondary N) is 1. The lowest BCUT2D eigenvalue weighted by Crippen LogP contribution is -2.36. The van der Waals surface area contributed by atoms with E-state index in [-0.39, 0.29) is 0 Å². The molecule has 2 nitrogen and oxygen atoms in total. The lowest BCUT2D eigenvalue weighted by atomic mass is 10.0. The van der Waals surface area contributed by atoms with Gasteiger partial charge in [0.25, 0.3) is 0 Å². The maximum Gasteiger partial charge on any atom is 0.0202 e. The minimum atomic E-state index is 0.807. The highest BCUT2D eigenvalue weighted by molar-refractivity contribution is 7.99. The van der Waals surface area contributed by atoms with Gasteiger partial charge in [0.1, 0.15) is 0 Å². The lowest BCUT2D eigenvalue weighted by molar-refractivity contribution is 0.182. The summed E-state index contributed by atoms with van der Waals surface area (Å²) in [4.78, 5) is 3.95. The van der Waals surface area contributed by atoms with Crippen molar-refractivity contribution in [2.75, 3.05) is 26.4 Å². The lowest BCUT2D eigenvalue weighted by Gasteiger charge is -2.32. The Balaban J connectivity index is 1.77. The van der Waals surface area contributed by atoms with E-state index in [0.717, 1.165) is 12.6 Å². The number of thioether (sulfide) groups is 1. The first kappa shape index (κ1) is 14.9. The molecule has 0 radical (unpaired) electrons. The highest BCUT2D eigenvalue weighted by Gasteiger charge is 2.18. The molecule has 1 N–H and O–H groups in total. The summed E-state index contributed by atoms with van der Waals surface area (Å²) in [7, 11) is 4.28. The van der Waals surface area contributed by atoms with Gasteiger partial charge < -0.3 is 10.2 Å². The van der Waals surface area contributed by atoms with Crippen molar-refractivity contribution in [3.05, 3.63) is 29.8 Å². The van der Waals surface area contributed by atoms with Gasteiger partial charge in [-0.15, -0.1) is 11.8 Å². The summed E-state index contributed by atoms with van der Waals surface area (Å²) in [6.45, 7) is 2.24. The summed E-state index contributed by atoms with van der Waals surface area (Å²) < 4.78 is 0. The molecule has 3 heteroatoms. The molecule has 106 valence electrons. The molecular formula is C16H26N2S. The first-order chi connectivity index (χ1) is 9.29. The fourth-order valence-electron chi connectivity index (χ4n) is 2.77. The number of hydrogen-bond donors (Lipinski definition) is 1. The number of nitrogens with zero attached hydrogens (tertiary/aromatic N) is 1. The number of rotatable bonds is 6. The van der Waals surface area contributed by atoms with Crippen LogP contribution < -0.4 is 5.32 Å². The Morgan fingerprint density at radius 1 is 1.37 bits per heavy atom. The molecule has 2 rings (SSSR count). The first-order valence-electron chi connectivity index (χ1n) is 7.36. The third-order valence-corrected chi connectivity index (χ3v) is 4.95. The highest BCUT2D eigenvalue weighted by Crippen LogP contribution is 2.24. The summed E-state index contributed by atoms with van der Waals surface area (Å²) in [5.41, 5.74) is 1.38. The van der Waals surface area contributed by atoms with E-state index in [1.54, 1.807) is 0 Å². The molecule has 0 bridgehead atoms. The van der Waals surface area contributed by atoms with E-state index in [0.29, 0.717) is 0 Å². The monoisotopic (exact) mass is 278 g/mol. The number of benzene rings is 1. The van der Waals surface area contributed by atoms with Crippen molar-refractivity contribution >= 4 is 11.8 Å². The van der Waals surface area contributed by atoms with Gasteiger partial charge >= 0.3 is 0 Å². The summed E-state index contributed by atoms with van der Waals surface area (Å²) >= 11 is 2.00. The van der Waals surface area contributed by atoms with Crippen LogP contribution in [0.5, 0.6) is 0 Å². The van der Waals surface area contributed by atoms with Gasteiger partial charge in [-0.2, -0.15) is 0 Å². The molecule has 1 fully saturated rings. The minimum absolute atomic E-state index is 0.807.